The first-order valence-corrected chi connectivity index (χ1v) is 13.8. The van der Waals surface area contributed by atoms with Crippen molar-refractivity contribution in [3.63, 3.8) is 0 Å². The summed E-state index contributed by atoms with van der Waals surface area (Å²) in [7, 11) is 0. The summed E-state index contributed by atoms with van der Waals surface area (Å²) in [4.78, 5) is 9.64. The van der Waals surface area contributed by atoms with Gasteiger partial charge in [-0.1, -0.05) is 118 Å². The second kappa shape index (κ2) is 9.43. The van der Waals surface area contributed by atoms with E-state index in [1.54, 1.807) is 0 Å². The summed E-state index contributed by atoms with van der Waals surface area (Å²) in [6.45, 7) is 6.75. The number of fused-ring (bicyclic) bond motifs is 4. The monoisotopic (exact) mass is 514 g/mol. The van der Waals surface area contributed by atoms with Crippen molar-refractivity contribution in [3.8, 4) is 33.5 Å². The molecule has 0 unspecified atom stereocenters. The maximum absolute atomic E-state index is 5.03. The first kappa shape index (κ1) is 24.2. The molecule has 0 radical (unpaired) electrons. The number of pyridine rings is 2. The lowest BCUT2D eigenvalue weighted by Crippen LogP contribution is -2.10. The van der Waals surface area contributed by atoms with Gasteiger partial charge in [-0.3, -0.25) is 4.98 Å². The third-order valence-corrected chi connectivity index (χ3v) is 7.87. The van der Waals surface area contributed by atoms with Gasteiger partial charge in [0.2, 0.25) is 0 Å². The molecule has 7 aromatic rings. The minimum Gasteiger partial charge on any atom is -0.254 e. The van der Waals surface area contributed by atoms with Crippen LogP contribution in [0.5, 0.6) is 0 Å². The molecule has 7 rings (SSSR count). The fourth-order valence-corrected chi connectivity index (χ4v) is 5.49. The van der Waals surface area contributed by atoms with Crippen molar-refractivity contribution in [1.29, 1.82) is 0 Å². The summed E-state index contributed by atoms with van der Waals surface area (Å²) in [5.41, 5.74) is 10.4. The lowest BCUT2D eigenvalue weighted by molar-refractivity contribution is 0.590. The van der Waals surface area contributed by atoms with Crippen molar-refractivity contribution in [3.05, 3.63) is 133 Å². The quantitative estimate of drug-likeness (QED) is 0.219. The van der Waals surface area contributed by atoms with E-state index in [0.717, 1.165) is 33.1 Å². The van der Waals surface area contributed by atoms with Gasteiger partial charge in [0, 0.05) is 22.5 Å². The molecule has 40 heavy (non-hydrogen) atoms. The molecule has 0 aliphatic heterocycles. The van der Waals surface area contributed by atoms with E-state index in [1.807, 2.05) is 12.3 Å². The predicted molar refractivity (Wildman–Crippen MR) is 170 cm³/mol. The molecule has 0 atom stereocenters. The highest BCUT2D eigenvalue weighted by atomic mass is 14.7. The molecule has 5 aromatic carbocycles. The van der Waals surface area contributed by atoms with Gasteiger partial charge in [-0.05, 0) is 68.3 Å². The van der Waals surface area contributed by atoms with E-state index in [-0.39, 0.29) is 5.41 Å². The molecule has 0 spiro atoms. The van der Waals surface area contributed by atoms with E-state index in [0.29, 0.717) is 0 Å². The van der Waals surface area contributed by atoms with E-state index >= 15 is 0 Å². The minimum atomic E-state index is 0.164. The van der Waals surface area contributed by atoms with Crippen LogP contribution in [-0.2, 0) is 5.41 Å². The van der Waals surface area contributed by atoms with Crippen LogP contribution in [-0.4, -0.2) is 9.97 Å². The average Bonchev–Trinajstić information content (AvgIpc) is 3.00. The topological polar surface area (TPSA) is 25.8 Å². The second-order valence-electron chi connectivity index (χ2n) is 11.6. The highest BCUT2D eigenvalue weighted by Crippen LogP contribution is 2.32. The van der Waals surface area contributed by atoms with Gasteiger partial charge in [0.1, 0.15) is 0 Å². The fourth-order valence-electron chi connectivity index (χ4n) is 5.49. The van der Waals surface area contributed by atoms with E-state index in [9.17, 15) is 0 Å². The third kappa shape index (κ3) is 4.42. The van der Waals surface area contributed by atoms with Crippen molar-refractivity contribution in [1.82, 2.24) is 9.97 Å². The van der Waals surface area contributed by atoms with Gasteiger partial charge in [-0.15, -0.1) is 0 Å². The lowest BCUT2D eigenvalue weighted by Gasteiger charge is -2.19. The van der Waals surface area contributed by atoms with Gasteiger partial charge >= 0.3 is 0 Å². The molecular formula is C38H30N2. The zero-order valence-electron chi connectivity index (χ0n) is 23.0. The number of hydrogen-bond acceptors (Lipinski definition) is 2. The molecular weight excluding hydrogens is 484 g/mol. The highest BCUT2D eigenvalue weighted by Gasteiger charge is 2.13. The summed E-state index contributed by atoms with van der Waals surface area (Å²) >= 11 is 0. The van der Waals surface area contributed by atoms with Crippen molar-refractivity contribution in [2.45, 2.75) is 26.2 Å². The second-order valence-corrected chi connectivity index (χ2v) is 11.6. The molecule has 0 saturated heterocycles. The number of hydrogen-bond donors (Lipinski definition) is 0. The molecule has 192 valence electrons. The summed E-state index contributed by atoms with van der Waals surface area (Å²) in [5.74, 6) is 0. The molecule has 2 heteroatoms. The molecule has 0 bridgehead atoms. The molecule has 2 heterocycles. The standard InChI is InChI=1S/C38H30N2/c1-38(2,3)34-19-16-26(17-20-34)25-6-8-27(9-7-25)30-12-13-32-24-33(15-14-31(32)23-30)35-21-18-29-11-10-28-5-4-22-39-36(28)37(29)40-35/h4-24H,1-3H3. The zero-order valence-corrected chi connectivity index (χ0v) is 23.0. The SMILES string of the molecule is CC(C)(C)c1ccc(-c2ccc(-c3ccc4cc(-c5ccc6ccc7cccnc7c6n5)ccc4c3)cc2)cc1. The lowest BCUT2D eigenvalue weighted by atomic mass is 9.86. The largest absolute Gasteiger partial charge is 0.254 e. The number of benzene rings is 5. The van der Waals surface area contributed by atoms with E-state index in [1.165, 1.54) is 38.6 Å². The normalized spacial score (nSPS) is 11.9. The van der Waals surface area contributed by atoms with Crippen molar-refractivity contribution in [2.75, 3.05) is 0 Å². The van der Waals surface area contributed by atoms with Crippen molar-refractivity contribution in [2.24, 2.45) is 0 Å². The summed E-state index contributed by atoms with van der Waals surface area (Å²) in [6.07, 6.45) is 1.83. The van der Waals surface area contributed by atoms with Crippen molar-refractivity contribution < 1.29 is 0 Å². The van der Waals surface area contributed by atoms with Crippen LogP contribution in [0.1, 0.15) is 26.3 Å². The Morgan fingerprint density at radius 2 is 0.950 bits per heavy atom. The van der Waals surface area contributed by atoms with Gasteiger partial charge in [-0.2, -0.15) is 0 Å². The molecule has 0 aliphatic carbocycles. The third-order valence-electron chi connectivity index (χ3n) is 7.87. The molecule has 2 aromatic heterocycles. The number of nitrogens with zero attached hydrogens (tertiary/aromatic N) is 2. The van der Waals surface area contributed by atoms with E-state index < -0.39 is 0 Å². The Bertz CT molecular complexity index is 2010. The predicted octanol–water partition coefficient (Wildman–Crippen LogP) is 10.2. The van der Waals surface area contributed by atoms with Gasteiger partial charge < -0.3 is 0 Å². The minimum absolute atomic E-state index is 0.164. The Labute approximate surface area is 235 Å². The van der Waals surface area contributed by atoms with Gasteiger partial charge in [0.15, 0.2) is 0 Å². The van der Waals surface area contributed by atoms with Crippen LogP contribution in [0.3, 0.4) is 0 Å². The van der Waals surface area contributed by atoms with Crippen LogP contribution in [0.2, 0.25) is 0 Å². The van der Waals surface area contributed by atoms with Crippen LogP contribution in [0.25, 0.3) is 66.1 Å². The average molecular weight is 515 g/mol. The Morgan fingerprint density at radius 1 is 0.450 bits per heavy atom. The molecule has 2 nitrogen and oxygen atoms in total. The Hall–Kier alpha value is -4.82. The van der Waals surface area contributed by atoms with Gasteiger partial charge in [0.25, 0.3) is 0 Å². The summed E-state index contributed by atoms with van der Waals surface area (Å²) < 4.78 is 0. The summed E-state index contributed by atoms with van der Waals surface area (Å²) in [6, 6.07) is 43.7. The van der Waals surface area contributed by atoms with Crippen LogP contribution in [0.4, 0.5) is 0 Å². The first-order chi connectivity index (χ1) is 19.4. The zero-order chi connectivity index (χ0) is 27.3. The van der Waals surface area contributed by atoms with Gasteiger partial charge in [-0.25, -0.2) is 4.98 Å². The fraction of sp³-hybridized carbons (Fsp3) is 0.105. The Morgan fingerprint density at radius 3 is 1.62 bits per heavy atom. The van der Waals surface area contributed by atoms with E-state index in [4.69, 9.17) is 4.98 Å². The number of rotatable bonds is 3. The van der Waals surface area contributed by atoms with Crippen LogP contribution in [0, 0.1) is 0 Å². The smallest absolute Gasteiger partial charge is 0.0972 e. The molecule has 0 N–H and O–H groups in total. The first-order valence-electron chi connectivity index (χ1n) is 13.8. The van der Waals surface area contributed by atoms with E-state index in [2.05, 4.69) is 141 Å². The molecule has 0 aliphatic rings. The van der Waals surface area contributed by atoms with Crippen LogP contribution >= 0.6 is 0 Å². The number of aromatic nitrogens is 2. The Balaban J connectivity index is 1.18. The Kier molecular flexibility index (Phi) is 5.71. The maximum Gasteiger partial charge on any atom is 0.0972 e. The van der Waals surface area contributed by atoms with Crippen LogP contribution < -0.4 is 0 Å². The summed E-state index contributed by atoms with van der Waals surface area (Å²) in [5, 5.41) is 4.64. The van der Waals surface area contributed by atoms with Gasteiger partial charge in [0.05, 0.1) is 16.7 Å². The molecule has 0 fully saturated rings. The van der Waals surface area contributed by atoms with Crippen LogP contribution in [0.15, 0.2) is 128 Å². The van der Waals surface area contributed by atoms with Crippen molar-refractivity contribution >= 4 is 32.6 Å². The molecule has 0 saturated carbocycles. The molecule has 0 amide bonds. The highest BCUT2D eigenvalue weighted by molar-refractivity contribution is 6.03. The maximum atomic E-state index is 5.03.